The number of aromatic nitrogens is 6. The van der Waals surface area contributed by atoms with Gasteiger partial charge in [-0.15, -0.1) is 0 Å². The zero-order valence-electron chi connectivity index (χ0n) is 15.9. The highest BCUT2D eigenvalue weighted by molar-refractivity contribution is 5.39. The Morgan fingerprint density at radius 3 is 2.79 bits per heavy atom. The monoisotopic (exact) mass is 373 g/mol. The van der Waals surface area contributed by atoms with Crippen LogP contribution in [0.5, 0.6) is 0 Å². The molecule has 0 amide bonds. The van der Waals surface area contributed by atoms with Crippen molar-refractivity contribution in [3.05, 3.63) is 84.5 Å². The topological polar surface area (TPSA) is 67.6 Å². The molecule has 7 nitrogen and oxygen atoms in total. The van der Waals surface area contributed by atoms with Crippen molar-refractivity contribution in [1.82, 2.24) is 34.0 Å². The van der Waals surface area contributed by atoms with Gasteiger partial charge in [-0.25, -0.2) is 15.0 Å². The van der Waals surface area contributed by atoms with Crippen LogP contribution in [-0.4, -0.2) is 40.5 Å². The number of hydrogen-bond donors (Lipinski definition) is 1. The van der Waals surface area contributed by atoms with Gasteiger partial charge in [0.25, 0.3) is 0 Å². The van der Waals surface area contributed by atoms with Crippen LogP contribution in [0.25, 0.3) is 5.69 Å². The molecule has 0 spiro atoms. The normalized spacial score (nSPS) is 17.0. The molecule has 142 valence electrons. The molecule has 0 radical (unpaired) electrons. The third kappa shape index (κ3) is 2.93. The highest BCUT2D eigenvalue weighted by Crippen LogP contribution is 2.34. The number of hydrogen-bond acceptors (Lipinski definition) is 4. The number of benzene rings is 1. The smallest absolute Gasteiger partial charge is 0.122 e. The standard InChI is InChI=1S/C21H23N7/c1-2-26-12-9-23-19(26)13-27-10-7-18-20(25-14-24-18)21(27)16-3-5-17(6-4-16)28-11-8-22-15-28/h3-6,8-9,11-12,14-15,21H,2,7,10,13H2,1H3,(H,24,25). The van der Waals surface area contributed by atoms with Gasteiger partial charge < -0.3 is 14.1 Å². The number of rotatable bonds is 5. The fourth-order valence-corrected chi connectivity index (χ4v) is 4.07. The highest BCUT2D eigenvalue weighted by atomic mass is 15.2. The maximum atomic E-state index is 4.67. The Kier molecular flexibility index (Phi) is 4.29. The molecule has 0 fully saturated rings. The number of fused-ring (bicyclic) bond motifs is 1. The number of aromatic amines is 1. The fraction of sp³-hybridized carbons (Fsp3) is 0.286. The second kappa shape index (κ2) is 7.09. The quantitative estimate of drug-likeness (QED) is 0.584. The van der Waals surface area contributed by atoms with Gasteiger partial charge in [0.05, 0.1) is 30.9 Å². The van der Waals surface area contributed by atoms with Gasteiger partial charge >= 0.3 is 0 Å². The van der Waals surface area contributed by atoms with Crippen LogP contribution in [0.3, 0.4) is 0 Å². The minimum atomic E-state index is 0.119. The van der Waals surface area contributed by atoms with Crippen LogP contribution in [0.1, 0.15) is 35.7 Å². The van der Waals surface area contributed by atoms with E-state index >= 15 is 0 Å². The molecule has 0 saturated heterocycles. The molecule has 7 heteroatoms. The van der Waals surface area contributed by atoms with Crippen molar-refractivity contribution in [3.63, 3.8) is 0 Å². The summed E-state index contributed by atoms with van der Waals surface area (Å²) in [6.07, 6.45) is 12.3. The summed E-state index contributed by atoms with van der Waals surface area (Å²) in [4.78, 5) is 19.2. The van der Waals surface area contributed by atoms with E-state index in [9.17, 15) is 0 Å². The average molecular weight is 373 g/mol. The third-order valence-electron chi connectivity index (χ3n) is 5.52. The largest absolute Gasteiger partial charge is 0.348 e. The van der Waals surface area contributed by atoms with Crippen molar-refractivity contribution < 1.29 is 0 Å². The summed E-state index contributed by atoms with van der Waals surface area (Å²) in [5.74, 6) is 1.10. The van der Waals surface area contributed by atoms with Gasteiger partial charge in [0, 0.05) is 55.7 Å². The molecule has 3 aromatic heterocycles. The maximum Gasteiger partial charge on any atom is 0.122 e. The molecular formula is C21H23N7. The van der Waals surface area contributed by atoms with E-state index in [0.717, 1.165) is 43.3 Å². The van der Waals surface area contributed by atoms with Gasteiger partial charge in [-0.2, -0.15) is 0 Å². The van der Waals surface area contributed by atoms with Crippen molar-refractivity contribution in [2.45, 2.75) is 32.5 Å². The lowest BCUT2D eigenvalue weighted by molar-refractivity contribution is 0.193. The second-order valence-corrected chi connectivity index (χ2v) is 7.08. The van der Waals surface area contributed by atoms with E-state index in [0.29, 0.717) is 0 Å². The molecule has 4 aromatic rings. The maximum absolute atomic E-state index is 4.67. The van der Waals surface area contributed by atoms with E-state index in [1.807, 2.05) is 35.8 Å². The molecule has 1 atom stereocenters. The molecule has 0 saturated carbocycles. The summed E-state index contributed by atoms with van der Waals surface area (Å²) >= 11 is 0. The Hall–Kier alpha value is -3.19. The lowest BCUT2D eigenvalue weighted by Gasteiger charge is -2.35. The van der Waals surface area contributed by atoms with Crippen LogP contribution >= 0.6 is 0 Å². The van der Waals surface area contributed by atoms with Gasteiger partial charge in [-0.05, 0) is 24.6 Å². The number of imidazole rings is 3. The van der Waals surface area contributed by atoms with Crippen molar-refractivity contribution in [1.29, 1.82) is 0 Å². The van der Waals surface area contributed by atoms with Crippen LogP contribution in [0, 0.1) is 0 Å². The second-order valence-electron chi connectivity index (χ2n) is 7.08. The summed E-state index contributed by atoms with van der Waals surface area (Å²) in [5, 5.41) is 0. The Bertz CT molecular complexity index is 1040. The zero-order valence-corrected chi connectivity index (χ0v) is 15.9. The minimum absolute atomic E-state index is 0.119. The summed E-state index contributed by atoms with van der Waals surface area (Å²) in [7, 11) is 0. The number of H-pyrrole nitrogens is 1. The summed E-state index contributed by atoms with van der Waals surface area (Å²) in [5.41, 5.74) is 4.70. The van der Waals surface area contributed by atoms with Crippen LogP contribution in [-0.2, 0) is 19.5 Å². The molecule has 1 N–H and O–H groups in total. The van der Waals surface area contributed by atoms with Gasteiger partial charge in [0.1, 0.15) is 5.82 Å². The predicted octanol–water partition coefficient (Wildman–Crippen LogP) is 2.96. The molecule has 1 aliphatic rings. The Labute approximate surface area is 163 Å². The van der Waals surface area contributed by atoms with Gasteiger partial charge in [0.2, 0.25) is 0 Å². The number of nitrogens with zero attached hydrogens (tertiary/aromatic N) is 6. The lowest BCUT2D eigenvalue weighted by Crippen LogP contribution is -2.36. The number of nitrogens with one attached hydrogen (secondary N) is 1. The van der Waals surface area contributed by atoms with Gasteiger partial charge in [-0.1, -0.05) is 12.1 Å². The van der Waals surface area contributed by atoms with Crippen LogP contribution in [0.15, 0.2) is 61.7 Å². The van der Waals surface area contributed by atoms with E-state index in [4.69, 9.17) is 0 Å². The van der Waals surface area contributed by atoms with E-state index in [1.54, 1.807) is 6.20 Å². The van der Waals surface area contributed by atoms with Crippen molar-refractivity contribution >= 4 is 0 Å². The molecule has 1 unspecified atom stereocenters. The molecular weight excluding hydrogens is 350 g/mol. The first kappa shape index (κ1) is 16.9. The summed E-state index contributed by atoms with van der Waals surface area (Å²) in [6, 6.07) is 8.80. The van der Waals surface area contributed by atoms with Crippen LogP contribution in [0.2, 0.25) is 0 Å². The third-order valence-corrected chi connectivity index (χ3v) is 5.52. The minimum Gasteiger partial charge on any atom is -0.348 e. The molecule has 4 heterocycles. The first-order valence-electron chi connectivity index (χ1n) is 9.68. The lowest BCUT2D eigenvalue weighted by atomic mass is 9.95. The summed E-state index contributed by atoms with van der Waals surface area (Å²) < 4.78 is 4.22. The average Bonchev–Trinajstić information content (AvgIpc) is 3.49. The number of aryl methyl sites for hydroxylation is 1. The Morgan fingerprint density at radius 2 is 2.00 bits per heavy atom. The predicted molar refractivity (Wildman–Crippen MR) is 106 cm³/mol. The Balaban J connectivity index is 1.50. The molecule has 0 aliphatic carbocycles. The molecule has 1 aromatic carbocycles. The molecule has 0 bridgehead atoms. The Morgan fingerprint density at radius 1 is 1.11 bits per heavy atom. The van der Waals surface area contributed by atoms with Crippen molar-refractivity contribution in [2.24, 2.45) is 0 Å². The highest BCUT2D eigenvalue weighted by Gasteiger charge is 2.31. The van der Waals surface area contributed by atoms with Crippen LogP contribution in [0.4, 0.5) is 0 Å². The SMILES string of the molecule is CCn1ccnc1CN1CCc2[nH]cnc2C1c1ccc(-n2ccnc2)cc1. The zero-order chi connectivity index (χ0) is 18.9. The van der Waals surface area contributed by atoms with Gasteiger partial charge in [0.15, 0.2) is 0 Å². The van der Waals surface area contributed by atoms with Gasteiger partial charge in [-0.3, -0.25) is 4.90 Å². The fourth-order valence-electron chi connectivity index (χ4n) is 4.07. The van der Waals surface area contributed by atoms with E-state index in [-0.39, 0.29) is 6.04 Å². The van der Waals surface area contributed by atoms with E-state index in [2.05, 4.69) is 60.6 Å². The van der Waals surface area contributed by atoms with Crippen LogP contribution < -0.4 is 0 Å². The molecule has 28 heavy (non-hydrogen) atoms. The summed E-state index contributed by atoms with van der Waals surface area (Å²) in [6.45, 7) is 4.86. The molecule has 5 rings (SSSR count). The first-order valence-corrected chi connectivity index (χ1v) is 9.68. The molecule has 1 aliphatic heterocycles. The van der Waals surface area contributed by atoms with Crippen molar-refractivity contribution in [3.8, 4) is 5.69 Å². The van der Waals surface area contributed by atoms with E-state index in [1.165, 1.54) is 11.3 Å². The first-order chi connectivity index (χ1) is 13.8. The van der Waals surface area contributed by atoms with E-state index < -0.39 is 0 Å². The van der Waals surface area contributed by atoms with Crippen molar-refractivity contribution in [2.75, 3.05) is 6.54 Å².